The summed E-state index contributed by atoms with van der Waals surface area (Å²) in [4.78, 5) is 13.2. The average Bonchev–Trinajstić information content (AvgIpc) is 2.29. The van der Waals surface area contributed by atoms with Crippen molar-refractivity contribution in [3.05, 3.63) is 29.8 Å². The van der Waals surface area contributed by atoms with Gasteiger partial charge in [-0.3, -0.25) is 4.79 Å². The molecule has 1 N–H and O–H groups in total. The number of nitrogens with zero attached hydrogens (tertiary/aromatic N) is 2. The van der Waals surface area contributed by atoms with E-state index in [2.05, 4.69) is 11.4 Å². The second kappa shape index (κ2) is 4.01. The molecular weight excluding hydrogens is 190 g/mol. The highest BCUT2D eigenvalue weighted by Crippen LogP contribution is 2.16. The van der Waals surface area contributed by atoms with Gasteiger partial charge >= 0.3 is 0 Å². The molecule has 4 nitrogen and oxygen atoms in total. The molecule has 1 amide bonds. The zero-order valence-electron chi connectivity index (χ0n) is 8.23. The van der Waals surface area contributed by atoms with E-state index in [1.165, 1.54) is 0 Å². The zero-order valence-corrected chi connectivity index (χ0v) is 8.23. The van der Waals surface area contributed by atoms with E-state index in [1.807, 2.05) is 17.0 Å². The van der Waals surface area contributed by atoms with Crippen molar-refractivity contribution in [2.24, 2.45) is 0 Å². The first-order chi connectivity index (χ1) is 7.29. The molecule has 1 saturated heterocycles. The lowest BCUT2D eigenvalue weighted by atomic mass is 10.2. The average molecular weight is 201 g/mol. The summed E-state index contributed by atoms with van der Waals surface area (Å²) in [5.74, 6) is 0.0311. The Morgan fingerprint density at radius 2 is 2.33 bits per heavy atom. The Morgan fingerprint density at radius 1 is 1.47 bits per heavy atom. The number of piperazine rings is 1. The van der Waals surface area contributed by atoms with Gasteiger partial charge in [0.25, 0.3) is 0 Å². The Kier molecular flexibility index (Phi) is 2.55. The fourth-order valence-electron chi connectivity index (χ4n) is 1.63. The fraction of sp³-hybridized carbons (Fsp3) is 0.273. The molecule has 15 heavy (non-hydrogen) atoms. The maximum atomic E-state index is 11.2. The predicted octanol–water partition coefficient (Wildman–Crippen LogP) is 0.494. The molecule has 76 valence electrons. The molecule has 0 atom stereocenters. The van der Waals surface area contributed by atoms with Gasteiger partial charge in [-0.2, -0.15) is 5.26 Å². The van der Waals surface area contributed by atoms with Crippen LogP contribution in [0.3, 0.4) is 0 Å². The van der Waals surface area contributed by atoms with Gasteiger partial charge < -0.3 is 10.2 Å². The SMILES string of the molecule is N#Cc1cccc(N2CCNC(=O)C2)c1. The number of anilines is 1. The highest BCUT2D eigenvalue weighted by molar-refractivity contribution is 5.82. The Labute approximate surface area is 88.1 Å². The Hall–Kier alpha value is -2.02. The van der Waals surface area contributed by atoms with Crippen LogP contribution >= 0.6 is 0 Å². The molecule has 1 fully saturated rings. The summed E-state index contributed by atoms with van der Waals surface area (Å²) in [5.41, 5.74) is 1.56. The highest BCUT2D eigenvalue weighted by Gasteiger charge is 2.16. The van der Waals surface area contributed by atoms with Gasteiger partial charge in [-0.05, 0) is 18.2 Å². The van der Waals surface area contributed by atoms with Crippen LogP contribution in [0.5, 0.6) is 0 Å². The molecule has 1 aromatic rings. The monoisotopic (exact) mass is 201 g/mol. The third kappa shape index (κ3) is 2.08. The van der Waals surface area contributed by atoms with Gasteiger partial charge in [0.15, 0.2) is 0 Å². The maximum Gasteiger partial charge on any atom is 0.239 e. The topological polar surface area (TPSA) is 56.1 Å². The van der Waals surface area contributed by atoms with Crippen LogP contribution in [0.4, 0.5) is 5.69 Å². The number of hydrogen-bond donors (Lipinski definition) is 1. The summed E-state index contributed by atoms with van der Waals surface area (Å²) in [6, 6.07) is 9.40. The minimum Gasteiger partial charge on any atom is -0.360 e. The molecule has 1 heterocycles. The minimum absolute atomic E-state index is 0.0311. The number of rotatable bonds is 1. The van der Waals surface area contributed by atoms with E-state index in [1.54, 1.807) is 12.1 Å². The summed E-state index contributed by atoms with van der Waals surface area (Å²) in [7, 11) is 0. The number of hydrogen-bond acceptors (Lipinski definition) is 3. The molecule has 0 saturated carbocycles. The van der Waals surface area contributed by atoms with Gasteiger partial charge in [0, 0.05) is 18.8 Å². The van der Waals surface area contributed by atoms with Crippen LogP contribution in [-0.4, -0.2) is 25.5 Å². The summed E-state index contributed by atoms with van der Waals surface area (Å²) in [6.45, 7) is 1.82. The van der Waals surface area contributed by atoms with E-state index < -0.39 is 0 Å². The van der Waals surface area contributed by atoms with E-state index in [9.17, 15) is 4.79 Å². The van der Waals surface area contributed by atoms with Gasteiger partial charge in [0.05, 0.1) is 18.2 Å². The number of benzene rings is 1. The second-order valence-corrected chi connectivity index (χ2v) is 3.43. The van der Waals surface area contributed by atoms with E-state index >= 15 is 0 Å². The van der Waals surface area contributed by atoms with Crippen molar-refractivity contribution in [1.29, 1.82) is 5.26 Å². The smallest absolute Gasteiger partial charge is 0.239 e. The number of amides is 1. The molecule has 2 rings (SSSR count). The van der Waals surface area contributed by atoms with Crippen molar-refractivity contribution in [1.82, 2.24) is 5.32 Å². The van der Waals surface area contributed by atoms with Crippen LogP contribution in [0.25, 0.3) is 0 Å². The predicted molar refractivity (Wildman–Crippen MR) is 56.4 cm³/mol. The molecule has 0 aliphatic carbocycles. The van der Waals surface area contributed by atoms with E-state index in [4.69, 9.17) is 5.26 Å². The minimum atomic E-state index is 0.0311. The van der Waals surface area contributed by atoms with E-state index in [-0.39, 0.29) is 5.91 Å². The number of carbonyl (C=O) groups excluding carboxylic acids is 1. The standard InChI is InChI=1S/C11H11N3O/c12-7-9-2-1-3-10(6-9)14-5-4-13-11(15)8-14/h1-3,6H,4-5,8H2,(H,13,15). The van der Waals surface area contributed by atoms with E-state index in [0.29, 0.717) is 18.7 Å². The van der Waals surface area contributed by atoms with Crippen molar-refractivity contribution in [3.8, 4) is 6.07 Å². The van der Waals surface area contributed by atoms with Crippen LogP contribution < -0.4 is 10.2 Å². The molecule has 4 heteroatoms. The Bertz CT molecular complexity index is 422. The number of nitrogens with one attached hydrogen (secondary N) is 1. The van der Waals surface area contributed by atoms with Crippen LogP contribution in [0.1, 0.15) is 5.56 Å². The summed E-state index contributed by atoms with van der Waals surface area (Å²) < 4.78 is 0. The molecule has 1 aliphatic rings. The zero-order chi connectivity index (χ0) is 10.7. The Balaban J connectivity index is 2.21. The number of nitriles is 1. The highest BCUT2D eigenvalue weighted by atomic mass is 16.2. The molecule has 0 bridgehead atoms. The van der Waals surface area contributed by atoms with Gasteiger partial charge in [-0.25, -0.2) is 0 Å². The van der Waals surface area contributed by atoms with Crippen molar-refractivity contribution in [2.45, 2.75) is 0 Å². The lowest BCUT2D eigenvalue weighted by Crippen LogP contribution is -2.47. The normalized spacial score (nSPS) is 15.7. The molecule has 1 aromatic carbocycles. The lowest BCUT2D eigenvalue weighted by molar-refractivity contribution is -0.120. The lowest BCUT2D eigenvalue weighted by Gasteiger charge is -2.28. The maximum absolute atomic E-state index is 11.2. The van der Waals surface area contributed by atoms with Crippen LogP contribution in [0.2, 0.25) is 0 Å². The summed E-state index contributed by atoms with van der Waals surface area (Å²) in [6.07, 6.45) is 0. The molecule has 0 aromatic heterocycles. The fourth-order valence-corrected chi connectivity index (χ4v) is 1.63. The Morgan fingerprint density at radius 3 is 3.07 bits per heavy atom. The molecular formula is C11H11N3O. The van der Waals surface area contributed by atoms with Gasteiger partial charge in [-0.15, -0.1) is 0 Å². The molecule has 1 aliphatic heterocycles. The van der Waals surface area contributed by atoms with E-state index in [0.717, 1.165) is 12.2 Å². The van der Waals surface area contributed by atoms with Crippen molar-refractivity contribution in [2.75, 3.05) is 24.5 Å². The first kappa shape index (κ1) is 9.53. The summed E-state index contributed by atoms with van der Waals surface area (Å²) in [5, 5.41) is 11.5. The van der Waals surface area contributed by atoms with Crippen molar-refractivity contribution in [3.63, 3.8) is 0 Å². The third-order valence-corrected chi connectivity index (χ3v) is 2.38. The van der Waals surface area contributed by atoms with Crippen molar-refractivity contribution < 1.29 is 4.79 Å². The van der Waals surface area contributed by atoms with Gasteiger partial charge in [0.1, 0.15) is 0 Å². The molecule has 0 radical (unpaired) electrons. The van der Waals surface area contributed by atoms with Gasteiger partial charge in [0.2, 0.25) is 5.91 Å². The van der Waals surface area contributed by atoms with Crippen molar-refractivity contribution >= 4 is 11.6 Å². The first-order valence-corrected chi connectivity index (χ1v) is 4.81. The third-order valence-electron chi connectivity index (χ3n) is 2.38. The quantitative estimate of drug-likeness (QED) is 0.719. The summed E-state index contributed by atoms with van der Waals surface area (Å²) >= 11 is 0. The van der Waals surface area contributed by atoms with Gasteiger partial charge in [-0.1, -0.05) is 6.07 Å². The van der Waals surface area contributed by atoms with Crippen LogP contribution in [0, 0.1) is 11.3 Å². The van der Waals surface area contributed by atoms with Crippen LogP contribution in [0.15, 0.2) is 24.3 Å². The largest absolute Gasteiger partial charge is 0.360 e. The first-order valence-electron chi connectivity index (χ1n) is 4.81. The number of carbonyl (C=O) groups is 1. The molecule has 0 unspecified atom stereocenters. The molecule has 0 spiro atoms. The second-order valence-electron chi connectivity index (χ2n) is 3.43. The van der Waals surface area contributed by atoms with Crippen LogP contribution in [-0.2, 0) is 4.79 Å².